The summed E-state index contributed by atoms with van der Waals surface area (Å²) in [6.45, 7) is 10.6. The molecule has 4 aliphatic rings. The van der Waals surface area contributed by atoms with Gasteiger partial charge in [0.05, 0.1) is 11.6 Å². The van der Waals surface area contributed by atoms with Crippen LogP contribution in [0.3, 0.4) is 0 Å². The fourth-order valence-corrected chi connectivity index (χ4v) is 7.41. The van der Waals surface area contributed by atoms with Crippen molar-refractivity contribution in [1.82, 2.24) is 10.2 Å². The van der Waals surface area contributed by atoms with Gasteiger partial charge in [0.25, 0.3) is 5.91 Å². The zero-order valence-corrected chi connectivity index (χ0v) is 25.8. The Labute approximate surface area is 252 Å². The summed E-state index contributed by atoms with van der Waals surface area (Å²) in [5.74, 6) is -6.46. The smallest absolute Gasteiger partial charge is 0.255 e. The second kappa shape index (κ2) is 10.6. The number of fused-ring (bicyclic) bond motifs is 3. The maximum absolute atomic E-state index is 14.2. The maximum Gasteiger partial charge on any atom is 0.255 e. The van der Waals surface area contributed by atoms with Crippen molar-refractivity contribution in [3.8, 4) is 5.75 Å². The summed E-state index contributed by atoms with van der Waals surface area (Å²) in [5.41, 5.74) is 4.33. The van der Waals surface area contributed by atoms with Crippen LogP contribution in [0.1, 0.15) is 68.4 Å². The summed E-state index contributed by atoms with van der Waals surface area (Å²) < 4.78 is 0. The van der Waals surface area contributed by atoms with Crippen LogP contribution >= 0.6 is 0 Å². The van der Waals surface area contributed by atoms with Crippen LogP contribution in [0.2, 0.25) is 0 Å². The Kier molecular flexibility index (Phi) is 7.68. The molecule has 1 aliphatic heterocycles. The molecule has 1 fully saturated rings. The third kappa shape index (κ3) is 4.72. The Morgan fingerprint density at radius 1 is 1.19 bits per heavy atom. The number of phenols is 1. The Hall–Kier alpha value is -3.41. The van der Waals surface area contributed by atoms with Gasteiger partial charge in [-0.25, -0.2) is 0 Å². The summed E-state index contributed by atoms with van der Waals surface area (Å²) in [5, 5.41) is 49.3. The second-order valence-corrected chi connectivity index (χ2v) is 13.9. The Morgan fingerprint density at radius 3 is 2.37 bits per heavy atom. The predicted molar refractivity (Wildman–Crippen MR) is 161 cm³/mol. The molecule has 0 saturated carbocycles. The number of benzene rings is 1. The number of amides is 1. The highest BCUT2D eigenvalue weighted by molar-refractivity contribution is 6.24. The Morgan fingerprint density at radius 2 is 1.81 bits per heavy atom. The van der Waals surface area contributed by atoms with Crippen LogP contribution < -0.4 is 16.0 Å². The van der Waals surface area contributed by atoms with Crippen LogP contribution in [0, 0.1) is 17.3 Å². The van der Waals surface area contributed by atoms with Gasteiger partial charge in [0.1, 0.15) is 22.8 Å². The molecular weight excluding hydrogens is 552 g/mol. The van der Waals surface area contributed by atoms with Gasteiger partial charge in [-0.1, -0.05) is 20.8 Å². The monoisotopic (exact) mass is 596 g/mol. The Balaban J connectivity index is 1.67. The highest BCUT2D eigenvalue weighted by atomic mass is 16.3. The van der Waals surface area contributed by atoms with E-state index in [2.05, 4.69) is 37.9 Å². The molecule has 3 aliphatic carbocycles. The minimum absolute atomic E-state index is 0.00489. The van der Waals surface area contributed by atoms with Gasteiger partial charge in [-0.15, -0.1) is 0 Å². The summed E-state index contributed by atoms with van der Waals surface area (Å²) in [7, 11) is 3.24. The van der Waals surface area contributed by atoms with E-state index in [1.54, 1.807) is 25.1 Å². The van der Waals surface area contributed by atoms with E-state index in [4.69, 9.17) is 5.73 Å². The number of aromatic hydroxyl groups is 1. The molecule has 0 spiro atoms. The molecule has 1 aromatic rings. The van der Waals surface area contributed by atoms with Gasteiger partial charge in [-0.2, -0.15) is 0 Å². The molecule has 0 bridgehead atoms. The van der Waals surface area contributed by atoms with Crippen LogP contribution in [0.5, 0.6) is 5.75 Å². The van der Waals surface area contributed by atoms with E-state index >= 15 is 0 Å². The van der Waals surface area contributed by atoms with Gasteiger partial charge in [-0.05, 0) is 75.2 Å². The number of Topliss-reactive ketones (excluding diaryl/α,β-unsaturated/α-hetero) is 2. The number of allylic oxidation sites excluding steroid dienone is 1. The molecule has 1 amide bonds. The van der Waals surface area contributed by atoms with Crippen molar-refractivity contribution in [3.63, 3.8) is 0 Å². The van der Waals surface area contributed by atoms with Crippen LogP contribution in [0.15, 0.2) is 28.7 Å². The lowest BCUT2D eigenvalue weighted by molar-refractivity contribution is -0.148. The zero-order chi connectivity index (χ0) is 31.8. The van der Waals surface area contributed by atoms with E-state index < -0.39 is 58.0 Å². The number of ketones is 2. The van der Waals surface area contributed by atoms with E-state index in [9.17, 15) is 34.8 Å². The number of hydrogen-bond acceptors (Lipinski definition) is 10. The number of carbonyl (C=O) groups is 3. The molecule has 11 nitrogen and oxygen atoms in total. The lowest BCUT2D eigenvalue weighted by Gasteiger charge is -2.50. The lowest BCUT2D eigenvalue weighted by atomic mass is 9.58. The molecule has 1 heterocycles. The molecule has 0 aromatic heterocycles. The van der Waals surface area contributed by atoms with E-state index in [-0.39, 0.29) is 41.2 Å². The first kappa shape index (κ1) is 31.0. The number of carbonyl (C=O) groups excluding carboxylic acids is 3. The first-order valence-corrected chi connectivity index (χ1v) is 15.0. The van der Waals surface area contributed by atoms with Crippen molar-refractivity contribution in [1.29, 1.82) is 0 Å². The first-order valence-electron chi connectivity index (χ1n) is 15.0. The molecule has 1 aromatic carbocycles. The largest absolute Gasteiger partial charge is 0.510 e. The van der Waals surface area contributed by atoms with Gasteiger partial charge in [0.2, 0.25) is 5.78 Å². The average molecular weight is 597 g/mol. The summed E-state index contributed by atoms with van der Waals surface area (Å²) in [6, 6.07) is 0.746. The lowest BCUT2D eigenvalue weighted by Crippen LogP contribution is -2.63. The van der Waals surface area contributed by atoms with Crippen LogP contribution in [-0.4, -0.2) is 87.7 Å². The SMILES string of the molecule is C[C@@H](NCc1cc(O)c2c(c1N1CCCC1)C[C@H]1C[C@H]3[C@H](N(C)C)C(O)=C(C(N)=O)C(=O)[C@@]3(O)C(O)=C1C2=O)C(C)(C)C. The highest BCUT2D eigenvalue weighted by Crippen LogP contribution is 2.53. The molecule has 7 N–H and O–H groups in total. The van der Waals surface area contributed by atoms with Crippen molar-refractivity contribution in [3.05, 3.63) is 45.4 Å². The fraction of sp³-hybridized carbons (Fsp3) is 0.594. The first-order chi connectivity index (χ1) is 20.0. The summed E-state index contributed by atoms with van der Waals surface area (Å²) in [4.78, 5) is 43.7. The number of aliphatic hydroxyl groups excluding tert-OH is 2. The van der Waals surface area contributed by atoms with Crippen molar-refractivity contribution in [2.24, 2.45) is 23.0 Å². The van der Waals surface area contributed by atoms with E-state index in [1.807, 2.05) is 0 Å². The predicted octanol–water partition coefficient (Wildman–Crippen LogP) is 2.25. The maximum atomic E-state index is 14.2. The van der Waals surface area contributed by atoms with Crippen LogP contribution in [0.25, 0.3) is 0 Å². The van der Waals surface area contributed by atoms with Gasteiger partial charge >= 0.3 is 0 Å². The molecule has 0 unspecified atom stereocenters. The number of anilines is 1. The second-order valence-electron chi connectivity index (χ2n) is 13.9. The number of rotatable bonds is 6. The number of nitrogens with zero attached hydrogens (tertiary/aromatic N) is 2. The number of nitrogens with one attached hydrogen (secondary N) is 1. The third-order valence-electron chi connectivity index (χ3n) is 10.1. The molecular formula is C32H44N4O7. The quantitative estimate of drug-likeness (QED) is 0.267. The van der Waals surface area contributed by atoms with E-state index in [1.165, 1.54) is 0 Å². The highest BCUT2D eigenvalue weighted by Gasteiger charge is 2.63. The topological polar surface area (TPSA) is 177 Å². The van der Waals surface area contributed by atoms with Crippen molar-refractivity contribution in [2.45, 2.75) is 77.6 Å². The molecule has 11 heteroatoms. The molecule has 0 radical (unpaired) electrons. The van der Waals surface area contributed by atoms with Crippen molar-refractivity contribution >= 4 is 23.2 Å². The molecule has 1 saturated heterocycles. The minimum Gasteiger partial charge on any atom is -0.510 e. The summed E-state index contributed by atoms with van der Waals surface area (Å²) >= 11 is 0. The average Bonchev–Trinajstić information content (AvgIpc) is 3.42. The van der Waals surface area contributed by atoms with Gasteiger partial charge in [-0.3, -0.25) is 19.3 Å². The number of likely N-dealkylation sites (N-methyl/N-ethyl adjacent to an activating group) is 1. The number of primary amides is 1. The van der Waals surface area contributed by atoms with Crippen LogP contribution in [0.4, 0.5) is 5.69 Å². The number of nitrogens with two attached hydrogens (primary N) is 1. The zero-order valence-electron chi connectivity index (χ0n) is 25.8. The molecule has 5 atom stereocenters. The normalized spacial score (nSPS) is 28.3. The van der Waals surface area contributed by atoms with Crippen molar-refractivity contribution < 1.29 is 34.8 Å². The fourth-order valence-electron chi connectivity index (χ4n) is 7.41. The number of hydrogen-bond donors (Lipinski definition) is 6. The van der Waals surface area contributed by atoms with Crippen molar-refractivity contribution in [2.75, 3.05) is 32.1 Å². The minimum atomic E-state index is -2.65. The standard InChI is InChI=1S/C32H44N4O7/c1-15(31(2,3)4)34-14-17-13-20(37)22-18(24(17)36-9-7-8-10-36)11-16-12-19-25(35(5)6)27(39)23(30(33)42)29(41)32(19,43)28(40)21(16)26(22)38/h13,15-16,19,25,34,37,39-40,43H,7-12,14H2,1-6H3,(H2,33,42)/t15-,16+,19+,25+,32+/m1/s1. The Bertz CT molecular complexity index is 1450. The van der Waals surface area contributed by atoms with E-state index in [0.29, 0.717) is 12.1 Å². The summed E-state index contributed by atoms with van der Waals surface area (Å²) in [6.07, 6.45) is 2.34. The van der Waals surface area contributed by atoms with Crippen LogP contribution in [-0.2, 0) is 22.6 Å². The number of phenolic OH excluding ortho intramolecular Hbond substituents is 1. The molecule has 43 heavy (non-hydrogen) atoms. The third-order valence-corrected chi connectivity index (χ3v) is 10.1. The number of aliphatic hydroxyl groups is 3. The van der Waals surface area contributed by atoms with Gasteiger partial charge in [0, 0.05) is 42.9 Å². The molecule has 234 valence electrons. The van der Waals surface area contributed by atoms with E-state index in [0.717, 1.165) is 37.2 Å². The van der Waals surface area contributed by atoms with Gasteiger partial charge < -0.3 is 36.4 Å². The molecule has 5 rings (SSSR count). The van der Waals surface area contributed by atoms with Gasteiger partial charge in [0.15, 0.2) is 11.4 Å².